The summed E-state index contributed by atoms with van der Waals surface area (Å²) in [7, 11) is -1.09. The number of allylic oxidation sites excluding steroid dienone is 4. The standard InChI is InChI=1S/C16H20OS/c1-4-10-15(14(5-2)6-3)13-18(17)16-11-8-7-9-12-16/h4-5,7-9,11-13H,1,6,10H2,2-3H3/b14-5+,15-13+. The Morgan fingerprint density at radius 2 is 1.94 bits per heavy atom. The zero-order valence-electron chi connectivity index (χ0n) is 11.1. The Labute approximate surface area is 112 Å². The Bertz CT molecular complexity index is 469. The van der Waals surface area contributed by atoms with Gasteiger partial charge in [-0.15, -0.1) is 6.58 Å². The smallest absolute Gasteiger partial charge is 0.0778 e. The molecule has 0 spiro atoms. The van der Waals surface area contributed by atoms with Crippen LogP contribution in [0.2, 0.25) is 0 Å². The van der Waals surface area contributed by atoms with Gasteiger partial charge in [0.2, 0.25) is 0 Å². The predicted octanol–water partition coefficient (Wildman–Crippen LogP) is 4.61. The monoisotopic (exact) mass is 260 g/mol. The van der Waals surface area contributed by atoms with Gasteiger partial charge in [-0.3, -0.25) is 0 Å². The first-order valence-electron chi connectivity index (χ1n) is 6.15. The molecular formula is C16H20OS. The SMILES string of the molecule is C=CCC(=C\S(=O)c1ccccc1)/C(=C/C)CC. The summed E-state index contributed by atoms with van der Waals surface area (Å²) in [5, 5.41) is 1.84. The lowest BCUT2D eigenvalue weighted by Gasteiger charge is -2.08. The lowest BCUT2D eigenvalue weighted by atomic mass is 10.0. The van der Waals surface area contributed by atoms with Crippen LogP contribution in [0.5, 0.6) is 0 Å². The lowest BCUT2D eigenvalue weighted by molar-refractivity contribution is 0.688. The van der Waals surface area contributed by atoms with Gasteiger partial charge in [0.05, 0.1) is 10.8 Å². The zero-order chi connectivity index (χ0) is 13.4. The van der Waals surface area contributed by atoms with Crippen molar-refractivity contribution in [1.82, 2.24) is 0 Å². The summed E-state index contributed by atoms with van der Waals surface area (Å²) in [5.41, 5.74) is 2.34. The van der Waals surface area contributed by atoms with E-state index in [1.807, 2.05) is 48.7 Å². The summed E-state index contributed by atoms with van der Waals surface area (Å²) in [4.78, 5) is 0.839. The van der Waals surface area contributed by atoms with Crippen LogP contribution in [0.25, 0.3) is 0 Å². The highest BCUT2D eigenvalue weighted by Gasteiger charge is 2.05. The summed E-state index contributed by atoms with van der Waals surface area (Å²) in [5.74, 6) is 0. The van der Waals surface area contributed by atoms with E-state index in [-0.39, 0.29) is 0 Å². The van der Waals surface area contributed by atoms with Crippen LogP contribution < -0.4 is 0 Å². The molecule has 1 unspecified atom stereocenters. The molecule has 0 radical (unpaired) electrons. The van der Waals surface area contributed by atoms with Crippen LogP contribution >= 0.6 is 0 Å². The maximum Gasteiger partial charge on any atom is 0.0778 e. The highest BCUT2D eigenvalue weighted by molar-refractivity contribution is 7.88. The third-order valence-corrected chi connectivity index (χ3v) is 3.97. The maximum atomic E-state index is 12.2. The van der Waals surface area contributed by atoms with Crippen LogP contribution in [-0.2, 0) is 10.8 Å². The van der Waals surface area contributed by atoms with Gasteiger partial charge >= 0.3 is 0 Å². The van der Waals surface area contributed by atoms with Crippen LogP contribution in [0.15, 0.2) is 70.5 Å². The van der Waals surface area contributed by atoms with Gasteiger partial charge < -0.3 is 0 Å². The molecule has 0 aromatic heterocycles. The summed E-state index contributed by atoms with van der Waals surface area (Å²) >= 11 is 0. The highest BCUT2D eigenvalue weighted by Crippen LogP contribution is 2.20. The molecule has 0 aliphatic rings. The molecule has 1 rings (SSSR count). The van der Waals surface area contributed by atoms with Crippen LogP contribution in [0, 0.1) is 0 Å². The Morgan fingerprint density at radius 3 is 2.44 bits per heavy atom. The fraction of sp³-hybridized carbons (Fsp3) is 0.250. The summed E-state index contributed by atoms with van der Waals surface area (Å²) in [6.07, 6.45) is 5.64. The fourth-order valence-corrected chi connectivity index (χ4v) is 2.85. The van der Waals surface area contributed by atoms with Gasteiger partial charge in [-0.1, -0.05) is 37.3 Å². The van der Waals surface area contributed by atoms with E-state index in [4.69, 9.17) is 0 Å². The van der Waals surface area contributed by atoms with Crippen LogP contribution in [-0.4, -0.2) is 4.21 Å². The molecule has 1 atom stereocenters. The third kappa shape index (κ3) is 4.11. The van der Waals surface area contributed by atoms with Gasteiger partial charge in [-0.05, 0) is 43.0 Å². The molecule has 1 aromatic carbocycles. The molecule has 0 saturated heterocycles. The Balaban J connectivity index is 3.02. The molecule has 0 fully saturated rings. The van der Waals surface area contributed by atoms with Gasteiger partial charge in [-0.25, -0.2) is 4.21 Å². The minimum absolute atomic E-state index is 0.756. The maximum absolute atomic E-state index is 12.2. The van der Waals surface area contributed by atoms with E-state index in [0.29, 0.717) is 0 Å². The number of hydrogen-bond donors (Lipinski definition) is 0. The van der Waals surface area contributed by atoms with E-state index in [1.54, 1.807) is 0 Å². The van der Waals surface area contributed by atoms with Crippen molar-refractivity contribution in [1.29, 1.82) is 0 Å². The van der Waals surface area contributed by atoms with Crippen molar-refractivity contribution >= 4 is 10.8 Å². The Morgan fingerprint density at radius 1 is 1.28 bits per heavy atom. The summed E-state index contributed by atoms with van der Waals surface area (Å²) in [6.45, 7) is 7.89. The van der Waals surface area contributed by atoms with Crippen molar-refractivity contribution in [2.24, 2.45) is 0 Å². The van der Waals surface area contributed by atoms with E-state index in [9.17, 15) is 4.21 Å². The van der Waals surface area contributed by atoms with Gasteiger partial charge in [0.1, 0.15) is 0 Å². The molecule has 0 amide bonds. The molecule has 0 N–H and O–H groups in total. The van der Waals surface area contributed by atoms with Gasteiger partial charge in [0, 0.05) is 10.3 Å². The van der Waals surface area contributed by atoms with E-state index in [1.165, 1.54) is 5.57 Å². The molecule has 0 aliphatic carbocycles. The first-order valence-corrected chi connectivity index (χ1v) is 7.37. The zero-order valence-corrected chi connectivity index (χ0v) is 11.9. The molecule has 1 nitrogen and oxygen atoms in total. The number of hydrogen-bond acceptors (Lipinski definition) is 1. The molecular weight excluding hydrogens is 240 g/mol. The third-order valence-electron chi connectivity index (χ3n) is 2.73. The molecule has 1 aromatic rings. The van der Waals surface area contributed by atoms with Crippen molar-refractivity contribution in [3.05, 3.63) is 65.6 Å². The Hall–Kier alpha value is -1.41. The van der Waals surface area contributed by atoms with Gasteiger partial charge in [-0.2, -0.15) is 0 Å². The van der Waals surface area contributed by atoms with Crippen LogP contribution in [0.1, 0.15) is 26.7 Å². The molecule has 96 valence electrons. The molecule has 0 heterocycles. The minimum atomic E-state index is -1.09. The molecule has 2 heteroatoms. The quantitative estimate of drug-likeness (QED) is 0.539. The Kier molecular flexibility index (Phi) is 6.37. The molecule has 0 bridgehead atoms. The fourth-order valence-electron chi connectivity index (χ4n) is 1.78. The van der Waals surface area contributed by atoms with Gasteiger partial charge in [0.25, 0.3) is 0 Å². The largest absolute Gasteiger partial charge is 0.250 e. The van der Waals surface area contributed by atoms with E-state index in [0.717, 1.165) is 23.3 Å². The van der Waals surface area contributed by atoms with Crippen molar-refractivity contribution < 1.29 is 4.21 Å². The van der Waals surface area contributed by atoms with E-state index in [2.05, 4.69) is 19.6 Å². The van der Waals surface area contributed by atoms with Crippen LogP contribution in [0.3, 0.4) is 0 Å². The minimum Gasteiger partial charge on any atom is -0.250 e. The van der Waals surface area contributed by atoms with Crippen molar-refractivity contribution in [3.63, 3.8) is 0 Å². The second kappa shape index (κ2) is 7.83. The number of benzene rings is 1. The summed E-state index contributed by atoms with van der Waals surface area (Å²) in [6, 6.07) is 9.52. The van der Waals surface area contributed by atoms with Crippen molar-refractivity contribution in [3.8, 4) is 0 Å². The first-order chi connectivity index (χ1) is 8.72. The van der Waals surface area contributed by atoms with Gasteiger partial charge in [0.15, 0.2) is 0 Å². The second-order valence-electron chi connectivity index (χ2n) is 3.91. The van der Waals surface area contributed by atoms with Crippen molar-refractivity contribution in [2.45, 2.75) is 31.6 Å². The van der Waals surface area contributed by atoms with E-state index >= 15 is 0 Å². The average molecular weight is 260 g/mol. The topological polar surface area (TPSA) is 17.1 Å². The molecule has 0 aliphatic heterocycles. The van der Waals surface area contributed by atoms with Crippen LogP contribution in [0.4, 0.5) is 0 Å². The average Bonchev–Trinajstić information content (AvgIpc) is 2.41. The lowest BCUT2D eigenvalue weighted by Crippen LogP contribution is -1.93. The molecule has 0 saturated carbocycles. The summed E-state index contributed by atoms with van der Waals surface area (Å²) < 4.78 is 12.2. The second-order valence-corrected chi connectivity index (χ2v) is 5.22. The normalized spacial score (nSPS) is 14.3. The van der Waals surface area contributed by atoms with Crippen molar-refractivity contribution in [2.75, 3.05) is 0 Å². The number of rotatable bonds is 6. The highest BCUT2D eigenvalue weighted by atomic mass is 32.2. The molecule has 18 heavy (non-hydrogen) atoms. The predicted molar refractivity (Wildman–Crippen MR) is 79.8 cm³/mol. The first kappa shape index (κ1) is 14.7. The van der Waals surface area contributed by atoms with E-state index < -0.39 is 10.8 Å².